The topological polar surface area (TPSA) is 74.6 Å². The van der Waals surface area contributed by atoms with Gasteiger partial charge in [0, 0.05) is 0 Å². The van der Waals surface area contributed by atoms with Crippen LogP contribution in [0.3, 0.4) is 0 Å². The molecule has 0 aliphatic heterocycles. The first-order valence-electron chi connectivity index (χ1n) is 4.37. The minimum Gasteiger partial charge on any atom is -0.160 e. The van der Waals surface area contributed by atoms with Crippen molar-refractivity contribution >= 4 is 16.1 Å². The highest BCUT2D eigenvalue weighted by Gasteiger charge is 2.58. The summed E-state index contributed by atoms with van der Waals surface area (Å²) >= 11 is 0. The van der Waals surface area contributed by atoms with Crippen molar-refractivity contribution in [3.8, 4) is 0 Å². The second-order valence-electron chi connectivity index (χ2n) is 4.57. The van der Waals surface area contributed by atoms with Crippen LogP contribution >= 0.6 is 16.1 Å². The summed E-state index contributed by atoms with van der Waals surface area (Å²) in [5.74, 6) is -0.322. The summed E-state index contributed by atoms with van der Waals surface area (Å²) in [6, 6.07) is 0. The Morgan fingerprint density at radius 2 is 1.14 bits per heavy atom. The van der Waals surface area contributed by atoms with Crippen LogP contribution in [0.5, 0.6) is 0 Å². The lowest BCUT2D eigenvalue weighted by molar-refractivity contribution is 0.314. The van der Waals surface area contributed by atoms with Crippen molar-refractivity contribution in [3.05, 3.63) is 0 Å². The molecule has 6 heteroatoms. The lowest BCUT2D eigenvalue weighted by Crippen LogP contribution is -2.39. The molecule has 4 nitrogen and oxygen atoms in total. The van der Waals surface area contributed by atoms with Gasteiger partial charge in [-0.15, -0.1) is 0 Å². The summed E-state index contributed by atoms with van der Waals surface area (Å²) in [5, 5.41) is -1.71. The Kier molecular flexibility index (Phi) is 4.36. The molecule has 0 bridgehead atoms. The molecule has 0 heterocycles. The Balaban J connectivity index is 5.04. The number of hydrogen-bond acceptors (Lipinski definition) is 2. The molecule has 0 aromatic carbocycles. The third kappa shape index (κ3) is 2.58. The fraction of sp³-hybridized carbons (Fsp3) is 1.00. The summed E-state index contributed by atoms with van der Waals surface area (Å²) in [6.07, 6.45) is 0. The molecule has 0 aromatic rings. The van der Waals surface area contributed by atoms with Gasteiger partial charge in [-0.25, -0.2) is 0 Å². The molecular weight excluding hydrogens is 222 g/mol. The smallest absolute Gasteiger partial charge is 0.160 e. The van der Waals surface area contributed by atoms with Crippen LogP contribution in [-0.2, 0) is 9.13 Å². The van der Waals surface area contributed by atoms with Gasteiger partial charge in [-0.3, -0.25) is 0 Å². The zero-order valence-electron chi connectivity index (χ0n) is 9.18. The van der Waals surface area contributed by atoms with Crippen LogP contribution in [0.2, 0.25) is 0 Å². The Labute approximate surface area is 86.5 Å². The van der Waals surface area contributed by atoms with Crippen molar-refractivity contribution < 1.29 is 18.9 Å². The lowest BCUT2D eigenvalue weighted by Gasteiger charge is -2.25. The normalized spacial score (nSPS) is 17.6. The van der Waals surface area contributed by atoms with Gasteiger partial charge in [0.15, 0.2) is 10.3 Å². The molecule has 0 fully saturated rings. The minimum absolute atomic E-state index is 0.322. The minimum atomic E-state index is -2.36. The Bertz CT molecular complexity index is 234. The van der Waals surface area contributed by atoms with Gasteiger partial charge < -0.3 is 0 Å². The fourth-order valence-corrected chi connectivity index (χ4v) is 2.61. The lowest BCUT2D eigenvalue weighted by atomic mass is 9.86. The van der Waals surface area contributed by atoms with Crippen LogP contribution in [-0.4, -0.2) is 20.1 Å². The largest absolute Gasteiger partial charge is 0.511 e. The maximum atomic E-state index is 11.1. The second-order valence-corrected chi connectivity index (χ2v) is 7.97. The standard InChI is InChI=1S/C8H16O4P2/c1-6(7(2,3)13(9)10)8(4,5)14(11)12/h6H,1-5H3/p+2. The molecule has 82 valence electrons. The van der Waals surface area contributed by atoms with E-state index in [2.05, 4.69) is 0 Å². The summed E-state index contributed by atoms with van der Waals surface area (Å²) < 4.78 is 22.2. The first-order valence-corrected chi connectivity index (χ1v) is 6.79. The molecule has 0 rings (SSSR count). The van der Waals surface area contributed by atoms with E-state index in [-0.39, 0.29) is 5.92 Å². The summed E-state index contributed by atoms with van der Waals surface area (Å²) in [4.78, 5) is 18.3. The Morgan fingerprint density at radius 1 is 0.929 bits per heavy atom. The van der Waals surface area contributed by atoms with Crippen LogP contribution in [0.4, 0.5) is 0 Å². The van der Waals surface area contributed by atoms with Crippen molar-refractivity contribution in [2.45, 2.75) is 44.9 Å². The van der Waals surface area contributed by atoms with Gasteiger partial charge >= 0.3 is 16.1 Å². The van der Waals surface area contributed by atoms with Gasteiger partial charge in [-0.05, 0) is 36.8 Å². The molecule has 2 N–H and O–H groups in total. The van der Waals surface area contributed by atoms with Gasteiger partial charge in [-0.2, -0.15) is 9.79 Å². The molecule has 0 aromatic heterocycles. The number of hydrogen-bond donors (Lipinski definition) is 2. The molecule has 2 unspecified atom stereocenters. The summed E-state index contributed by atoms with van der Waals surface area (Å²) in [5.41, 5.74) is 0. The second kappa shape index (κ2) is 4.32. The third-order valence-corrected chi connectivity index (χ3v) is 5.85. The van der Waals surface area contributed by atoms with Crippen molar-refractivity contribution in [1.82, 2.24) is 0 Å². The van der Waals surface area contributed by atoms with Crippen LogP contribution in [0, 0.1) is 5.92 Å². The molecule has 0 saturated carbocycles. The van der Waals surface area contributed by atoms with E-state index in [0.29, 0.717) is 0 Å². The van der Waals surface area contributed by atoms with E-state index in [1.165, 1.54) is 0 Å². The molecule has 2 atom stereocenters. The predicted molar refractivity (Wildman–Crippen MR) is 57.0 cm³/mol. The Morgan fingerprint density at radius 3 is 1.29 bits per heavy atom. The third-order valence-electron chi connectivity index (χ3n) is 3.11. The van der Waals surface area contributed by atoms with Crippen LogP contribution in [0.15, 0.2) is 0 Å². The fourth-order valence-electron chi connectivity index (χ4n) is 1.20. The van der Waals surface area contributed by atoms with E-state index < -0.39 is 26.4 Å². The molecule has 14 heavy (non-hydrogen) atoms. The first-order chi connectivity index (χ1) is 6.04. The molecule has 0 spiro atoms. The van der Waals surface area contributed by atoms with E-state index in [1.807, 2.05) is 0 Å². The first kappa shape index (κ1) is 14.1. The van der Waals surface area contributed by atoms with Gasteiger partial charge in [0.2, 0.25) is 0 Å². The highest BCUT2D eigenvalue weighted by atomic mass is 31.1. The van der Waals surface area contributed by atoms with Crippen LogP contribution in [0.25, 0.3) is 0 Å². The average Bonchev–Trinajstić information content (AvgIpc) is 2.02. The highest BCUT2D eigenvalue weighted by Crippen LogP contribution is 2.52. The molecule has 0 aliphatic rings. The highest BCUT2D eigenvalue weighted by molar-refractivity contribution is 7.41. The summed E-state index contributed by atoms with van der Waals surface area (Å²) in [7, 11) is -4.72. The monoisotopic (exact) mass is 240 g/mol. The van der Waals surface area contributed by atoms with E-state index >= 15 is 0 Å². The van der Waals surface area contributed by atoms with Crippen molar-refractivity contribution in [2.24, 2.45) is 5.92 Å². The predicted octanol–water partition coefficient (Wildman–Crippen LogP) is 2.65. The van der Waals surface area contributed by atoms with Gasteiger partial charge in [0.05, 0.1) is 5.92 Å². The number of rotatable bonds is 4. The van der Waals surface area contributed by atoms with Crippen LogP contribution < -0.4 is 0 Å². The zero-order valence-corrected chi connectivity index (χ0v) is 11.0. The van der Waals surface area contributed by atoms with E-state index in [0.717, 1.165) is 0 Å². The van der Waals surface area contributed by atoms with Gasteiger partial charge in [0.25, 0.3) is 0 Å². The van der Waals surface area contributed by atoms with Gasteiger partial charge in [-0.1, -0.05) is 6.92 Å². The van der Waals surface area contributed by atoms with Crippen molar-refractivity contribution in [1.29, 1.82) is 0 Å². The van der Waals surface area contributed by atoms with Crippen LogP contribution in [0.1, 0.15) is 34.6 Å². The summed E-state index contributed by atoms with van der Waals surface area (Å²) in [6.45, 7) is 8.27. The molecule has 0 radical (unpaired) electrons. The molecule has 0 saturated heterocycles. The van der Waals surface area contributed by atoms with E-state index in [1.54, 1.807) is 34.6 Å². The average molecular weight is 240 g/mol. The van der Waals surface area contributed by atoms with Gasteiger partial charge in [0.1, 0.15) is 0 Å². The maximum Gasteiger partial charge on any atom is 0.511 e. The SMILES string of the molecule is CC(C(C)(C)[P+](=O)O)C(C)(C)[P+](=O)O. The molecule has 0 aliphatic carbocycles. The van der Waals surface area contributed by atoms with Crippen molar-refractivity contribution in [2.75, 3.05) is 0 Å². The molecule has 0 amide bonds. The Hall–Kier alpha value is 0.120. The van der Waals surface area contributed by atoms with Crippen molar-refractivity contribution in [3.63, 3.8) is 0 Å². The van der Waals surface area contributed by atoms with E-state index in [9.17, 15) is 9.13 Å². The molecular formula is C8H18O4P2+2. The van der Waals surface area contributed by atoms with E-state index in [4.69, 9.17) is 9.79 Å². The zero-order chi connectivity index (χ0) is 11.7. The maximum absolute atomic E-state index is 11.1. The quantitative estimate of drug-likeness (QED) is 0.741.